The Labute approximate surface area is 145 Å². The molecule has 0 saturated carbocycles. The lowest BCUT2D eigenvalue weighted by molar-refractivity contribution is -0.141. The van der Waals surface area contributed by atoms with Gasteiger partial charge in [0.2, 0.25) is 0 Å². The molecule has 2 aromatic carbocycles. The molecular weight excluding hydrogens is 332 g/mol. The summed E-state index contributed by atoms with van der Waals surface area (Å²) in [7, 11) is 1.43. The van der Waals surface area contributed by atoms with Crippen molar-refractivity contribution in [2.45, 2.75) is 20.0 Å². The standard InChI is InChI=1S/C18H17ClO5/c1-11(20)13-4-9-16(17(10-13)22-3)24-18(21)12(2)23-15-7-5-14(19)6-8-15/h4-10,12H,1-3H3. The lowest BCUT2D eigenvalue weighted by Gasteiger charge is -2.15. The molecule has 0 fully saturated rings. The number of benzene rings is 2. The van der Waals surface area contributed by atoms with E-state index in [9.17, 15) is 9.59 Å². The minimum atomic E-state index is -0.830. The topological polar surface area (TPSA) is 61.8 Å². The van der Waals surface area contributed by atoms with Crippen molar-refractivity contribution >= 4 is 23.4 Å². The predicted molar refractivity (Wildman–Crippen MR) is 90.2 cm³/mol. The highest BCUT2D eigenvalue weighted by atomic mass is 35.5. The number of hydrogen-bond acceptors (Lipinski definition) is 5. The van der Waals surface area contributed by atoms with Gasteiger partial charge in [0.05, 0.1) is 7.11 Å². The van der Waals surface area contributed by atoms with Crippen molar-refractivity contribution in [3.05, 3.63) is 53.1 Å². The fourth-order valence-electron chi connectivity index (χ4n) is 1.93. The third-order valence-electron chi connectivity index (χ3n) is 3.24. The van der Waals surface area contributed by atoms with Crippen LogP contribution >= 0.6 is 11.6 Å². The fraction of sp³-hybridized carbons (Fsp3) is 0.222. The number of ketones is 1. The van der Waals surface area contributed by atoms with Crippen LogP contribution in [0.25, 0.3) is 0 Å². The molecule has 1 unspecified atom stereocenters. The molecule has 2 aromatic rings. The van der Waals surface area contributed by atoms with Crippen molar-refractivity contribution in [2.75, 3.05) is 7.11 Å². The van der Waals surface area contributed by atoms with E-state index in [1.807, 2.05) is 0 Å². The van der Waals surface area contributed by atoms with Crippen molar-refractivity contribution in [1.82, 2.24) is 0 Å². The Morgan fingerprint density at radius 3 is 2.29 bits per heavy atom. The molecule has 0 aliphatic heterocycles. The average Bonchev–Trinajstić information content (AvgIpc) is 2.56. The monoisotopic (exact) mass is 348 g/mol. The number of rotatable bonds is 6. The quantitative estimate of drug-likeness (QED) is 0.450. The van der Waals surface area contributed by atoms with Gasteiger partial charge in [-0.15, -0.1) is 0 Å². The first-order chi connectivity index (χ1) is 11.4. The van der Waals surface area contributed by atoms with Crippen LogP contribution in [0, 0.1) is 0 Å². The second-order valence-corrected chi connectivity index (χ2v) is 5.49. The zero-order chi connectivity index (χ0) is 17.7. The van der Waals surface area contributed by atoms with Gasteiger partial charge in [-0.1, -0.05) is 11.6 Å². The first-order valence-corrected chi connectivity index (χ1v) is 7.61. The highest BCUT2D eigenvalue weighted by Crippen LogP contribution is 2.29. The summed E-state index contributed by atoms with van der Waals surface area (Å²) >= 11 is 5.80. The molecule has 0 radical (unpaired) electrons. The Balaban J connectivity index is 2.08. The first-order valence-electron chi connectivity index (χ1n) is 7.23. The summed E-state index contributed by atoms with van der Waals surface area (Å²) in [4.78, 5) is 23.6. The second-order valence-electron chi connectivity index (χ2n) is 5.06. The van der Waals surface area contributed by atoms with Crippen molar-refractivity contribution in [1.29, 1.82) is 0 Å². The zero-order valence-corrected chi connectivity index (χ0v) is 14.3. The summed E-state index contributed by atoms with van der Waals surface area (Å²) in [6.45, 7) is 3.02. The van der Waals surface area contributed by atoms with Crippen LogP contribution in [0.3, 0.4) is 0 Å². The maximum Gasteiger partial charge on any atom is 0.352 e. The fourth-order valence-corrected chi connectivity index (χ4v) is 2.05. The van der Waals surface area contributed by atoms with Crippen LogP contribution in [0.1, 0.15) is 24.2 Å². The third-order valence-corrected chi connectivity index (χ3v) is 3.49. The number of esters is 1. The van der Waals surface area contributed by atoms with Crippen LogP contribution in [0.5, 0.6) is 17.2 Å². The van der Waals surface area contributed by atoms with Crippen molar-refractivity contribution in [3.8, 4) is 17.2 Å². The number of halogens is 1. The van der Waals surface area contributed by atoms with Crippen LogP contribution in [0.4, 0.5) is 0 Å². The Bertz CT molecular complexity index is 740. The average molecular weight is 349 g/mol. The Morgan fingerprint density at radius 1 is 1.04 bits per heavy atom. The molecule has 0 aliphatic rings. The lowest BCUT2D eigenvalue weighted by Crippen LogP contribution is -2.28. The summed E-state index contributed by atoms with van der Waals surface area (Å²) in [6.07, 6.45) is -0.830. The summed E-state index contributed by atoms with van der Waals surface area (Å²) in [5.74, 6) is 0.334. The van der Waals surface area contributed by atoms with Gasteiger partial charge in [0.1, 0.15) is 5.75 Å². The zero-order valence-electron chi connectivity index (χ0n) is 13.5. The molecule has 0 amide bonds. The lowest BCUT2D eigenvalue weighted by atomic mass is 10.1. The summed E-state index contributed by atoms with van der Waals surface area (Å²) < 4.78 is 16.0. The van der Waals surface area contributed by atoms with Gasteiger partial charge < -0.3 is 14.2 Å². The molecule has 0 spiro atoms. The molecule has 0 bridgehead atoms. The summed E-state index contributed by atoms with van der Waals surface area (Å²) in [5.41, 5.74) is 0.470. The van der Waals surface area contributed by atoms with Gasteiger partial charge >= 0.3 is 5.97 Å². The maximum absolute atomic E-state index is 12.2. The Morgan fingerprint density at radius 2 is 1.71 bits per heavy atom. The van der Waals surface area contributed by atoms with Crippen molar-refractivity contribution in [3.63, 3.8) is 0 Å². The number of carbonyl (C=O) groups is 2. The summed E-state index contributed by atoms with van der Waals surface area (Å²) in [6, 6.07) is 11.3. The van der Waals surface area contributed by atoms with E-state index in [1.54, 1.807) is 37.3 Å². The number of hydrogen-bond donors (Lipinski definition) is 0. The van der Waals surface area contributed by atoms with Crippen LogP contribution in [-0.2, 0) is 4.79 Å². The number of methoxy groups -OCH3 is 1. The highest BCUT2D eigenvalue weighted by molar-refractivity contribution is 6.30. The van der Waals surface area contributed by atoms with E-state index in [2.05, 4.69) is 0 Å². The largest absolute Gasteiger partial charge is 0.493 e. The van der Waals surface area contributed by atoms with Crippen LogP contribution in [0.2, 0.25) is 5.02 Å². The Kier molecular flexibility index (Phi) is 5.82. The molecule has 126 valence electrons. The van der Waals surface area contributed by atoms with Gasteiger partial charge in [0, 0.05) is 10.6 Å². The number of carbonyl (C=O) groups excluding carboxylic acids is 2. The number of ether oxygens (including phenoxy) is 3. The van der Waals surface area contributed by atoms with E-state index < -0.39 is 12.1 Å². The number of Topliss-reactive ketones (excluding diaryl/α,β-unsaturated/α-hetero) is 1. The van der Waals surface area contributed by atoms with Crippen molar-refractivity contribution in [2.24, 2.45) is 0 Å². The minimum Gasteiger partial charge on any atom is -0.493 e. The molecule has 2 rings (SSSR count). The maximum atomic E-state index is 12.2. The van der Waals surface area contributed by atoms with Crippen molar-refractivity contribution < 1.29 is 23.8 Å². The molecule has 5 nitrogen and oxygen atoms in total. The van der Waals surface area contributed by atoms with Crippen LogP contribution in [0.15, 0.2) is 42.5 Å². The van der Waals surface area contributed by atoms with Crippen LogP contribution < -0.4 is 14.2 Å². The highest BCUT2D eigenvalue weighted by Gasteiger charge is 2.19. The van der Waals surface area contributed by atoms with E-state index in [4.69, 9.17) is 25.8 Å². The van der Waals surface area contributed by atoms with E-state index >= 15 is 0 Å². The van der Waals surface area contributed by atoms with Gasteiger partial charge in [0.15, 0.2) is 23.4 Å². The van der Waals surface area contributed by atoms with Gasteiger partial charge in [-0.2, -0.15) is 0 Å². The SMILES string of the molecule is COc1cc(C(C)=O)ccc1OC(=O)C(C)Oc1ccc(Cl)cc1. The molecule has 0 N–H and O–H groups in total. The molecule has 24 heavy (non-hydrogen) atoms. The second kappa shape index (κ2) is 7.84. The third kappa shape index (κ3) is 4.49. The molecule has 6 heteroatoms. The van der Waals surface area contributed by atoms with Gasteiger partial charge in [0.25, 0.3) is 0 Å². The summed E-state index contributed by atoms with van der Waals surface area (Å²) in [5, 5.41) is 0.577. The Hall–Kier alpha value is -2.53. The molecule has 0 aromatic heterocycles. The van der Waals surface area contributed by atoms with E-state index in [0.717, 1.165) is 0 Å². The van der Waals surface area contributed by atoms with E-state index in [-0.39, 0.29) is 11.5 Å². The normalized spacial score (nSPS) is 11.5. The molecule has 0 saturated heterocycles. The van der Waals surface area contributed by atoms with E-state index in [1.165, 1.54) is 26.2 Å². The molecule has 1 atom stereocenters. The molecule has 0 aliphatic carbocycles. The first kappa shape index (κ1) is 17.8. The van der Waals surface area contributed by atoms with Gasteiger partial charge in [-0.3, -0.25) is 4.79 Å². The molecular formula is C18H17ClO5. The van der Waals surface area contributed by atoms with Crippen LogP contribution in [-0.4, -0.2) is 25.0 Å². The van der Waals surface area contributed by atoms with Gasteiger partial charge in [-0.25, -0.2) is 4.79 Å². The van der Waals surface area contributed by atoms with Gasteiger partial charge in [-0.05, 0) is 56.3 Å². The van der Waals surface area contributed by atoms with E-state index in [0.29, 0.717) is 22.1 Å². The molecule has 0 heterocycles. The minimum absolute atomic E-state index is 0.106. The smallest absolute Gasteiger partial charge is 0.352 e. The predicted octanol–water partition coefficient (Wildman–Crippen LogP) is 3.92.